The molecule has 0 radical (unpaired) electrons. The minimum Gasteiger partial charge on any atom is -0.294 e. The van der Waals surface area contributed by atoms with Crippen molar-refractivity contribution in [3.63, 3.8) is 0 Å². The Labute approximate surface area is 115 Å². The Morgan fingerprint density at radius 3 is 2.37 bits per heavy atom. The summed E-state index contributed by atoms with van der Waals surface area (Å²) < 4.78 is 1.55. The van der Waals surface area contributed by atoms with E-state index in [1.165, 1.54) is 0 Å². The van der Waals surface area contributed by atoms with Gasteiger partial charge in [0.05, 0.1) is 6.42 Å². The normalized spacial score (nSPS) is 10.4. The summed E-state index contributed by atoms with van der Waals surface area (Å²) in [6, 6.07) is 8.87. The van der Waals surface area contributed by atoms with Gasteiger partial charge in [-0.1, -0.05) is 12.1 Å². The summed E-state index contributed by atoms with van der Waals surface area (Å²) >= 11 is 1.61. The maximum atomic E-state index is 12.0. The van der Waals surface area contributed by atoms with Gasteiger partial charge in [-0.05, 0) is 24.5 Å². The van der Waals surface area contributed by atoms with Gasteiger partial charge < -0.3 is 0 Å². The van der Waals surface area contributed by atoms with E-state index in [0.717, 1.165) is 4.90 Å². The number of nitrogens with zero attached hydrogens (tertiary/aromatic N) is 2. The maximum absolute atomic E-state index is 12.0. The Bertz CT molecular complexity index is 602. The van der Waals surface area contributed by atoms with E-state index >= 15 is 0 Å². The maximum Gasteiger partial charge on any atom is 0.190 e. The number of carbonyl (C=O) groups is 2. The van der Waals surface area contributed by atoms with Gasteiger partial charge >= 0.3 is 0 Å². The van der Waals surface area contributed by atoms with Gasteiger partial charge in [-0.2, -0.15) is 5.10 Å². The number of rotatable bonds is 5. The van der Waals surface area contributed by atoms with Crippen LogP contribution in [0.4, 0.5) is 0 Å². The number of aromatic nitrogens is 2. The number of Topliss-reactive ketones (excluding diaryl/α,β-unsaturated/α-hetero) is 2. The highest BCUT2D eigenvalue weighted by Crippen LogP contribution is 2.16. The third kappa shape index (κ3) is 3.32. The van der Waals surface area contributed by atoms with Crippen LogP contribution in [0.1, 0.15) is 27.3 Å². The van der Waals surface area contributed by atoms with Crippen LogP contribution in [0.3, 0.4) is 0 Å². The monoisotopic (exact) mass is 274 g/mol. The van der Waals surface area contributed by atoms with Crippen LogP contribution in [-0.2, 0) is 7.05 Å². The first-order chi connectivity index (χ1) is 9.10. The number of carbonyl (C=O) groups excluding carboxylic acids is 2. The molecule has 0 spiro atoms. The Hall–Kier alpha value is -1.88. The molecular formula is C14H14N2O2S. The molecule has 0 bridgehead atoms. The molecule has 0 fully saturated rings. The molecule has 0 saturated carbocycles. The first-order valence-electron chi connectivity index (χ1n) is 5.80. The van der Waals surface area contributed by atoms with Crippen molar-refractivity contribution in [3.05, 3.63) is 47.8 Å². The summed E-state index contributed by atoms with van der Waals surface area (Å²) in [6.07, 6.45) is 3.52. The molecule has 4 nitrogen and oxygen atoms in total. The van der Waals surface area contributed by atoms with Crippen LogP contribution in [0.5, 0.6) is 0 Å². The standard InChI is InChI=1S/C14H14N2O2S/c1-16-8-7-12(15-16)14(18)9-13(17)10-3-5-11(19-2)6-4-10/h3-8H,9H2,1-2H3. The Morgan fingerprint density at radius 2 is 1.84 bits per heavy atom. The van der Waals surface area contributed by atoms with E-state index in [0.29, 0.717) is 11.3 Å². The molecule has 0 atom stereocenters. The van der Waals surface area contributed by atoms with Crippen LogP contribution >= 0.6 is 11.8 Å². The van der Waals surface area contributed by atoms with E-state index in [1.807, 2.05) is 18.4 Å². The molecular weight excluding hydrogens is 260 g/mol. The lowest BCUT2D eigenvalue weighted by Crippen LogP contribution is -2.09. The molecule has 1 aromatic carbocycles. The second-order valence-corrected chi connectivity index (χ2v) is 5.01. The van der Waals surface area contributed by atoms with Crippen LogP contribution < -0.4 is 0 Å². The zero-order valence-electron chi connectivity index (χ0n) is 10.8. The minimum absolute atomic E-state index is 0.143. The van der Waals surface area contributed by atoms with Gasteiger partial charge in [-0.15, -0.1) is 11.8 Å². The van der Waals surface area contributed by atoms with Crippen molar-refractivity contribution in [2.45, 2.75) is 11.3 Å². The molecule has 1 heterocycles. The van der Waals surface area contributed by atoms with Crippen molar-refractivity contribution in [3.8, 4) is 0 Å². The Balaban J connectivity index is 2.06. The molecule has 0 aliphatic carbocycles. The zero-order valence-corrected chi connectivity index (χ0v) is 11.6. The molecule has 1 aromatic heterocycles. The number of benzene rings is 1. The topological polar surface area (TPSA) is 52.0 Å². The fraction of sp³-hybridized carbons (Fsp3) is 0.214. The zero-order chi connectivity index (χ0) is 13.8. The number of hydrogen-bond donors (Lipinski definition) is 0. The number of aryl methyl sites for hydroxylation is 1. The molecule has 0 saturated heterocycles. The van der Waals surface area contributed by atoms with Crippen molar-refractivity contribution in [1.29, 1.82) is 0 Å². The fourth-order valence-electron chi connectivity index (χ4n) is 1.68. The van der Waals surface area contributed by atoms with Crippen molar-refractivity contribution in [2.24, 2.45) is 7.05 Å². The average molecular weight is 274 g/mol. The van der Waals surface area contributed by atoms with Gasteiger partial charge in [0.15, 0.2) is 11.6 Å². The predicted octanol–water partition coefficient (Wildman–Crippen LogP) is 2.60. The second kappa shape index (κ2) is 5.84. The summed E-state index contributed by atoms with van der Waals surface area (Å²) in [6.45, 7) is 0. The highest BCUT2D eigenvalue weighted by atomic mass is 32.2. The molecule has 0 N–H and O–H groups in total. The van der Waals surface area contributed by atoms with Crippen molar-refractivity contribution < 1.29 is 9.59 Å². The van der Waals surface area contributed by atoms with E-state index in [4.69, 9.17) is 0 Å². The van der Waals surface area contributed by atoms with E-state index in [-0.39, 0.29) is 18.0 Å². The summed E-state index contributed by atoms with van der Waals surface area (Å²) in [5.74, 6) is -0.428. The van der Waals surface area contributed by atoms with Crippen molar-refractivity contribution in [2.75, 3.05) is 6.26 Å². The van der Waals surface area contributed by atoms with E-state index in [2.05, 4.69) is 5.10 Å². The average Bonchev–Trinajstić information content (AvgIpc) is 2.85. The highest BCUT2D eigenvalue weighted by Gasteiger charge is 2.15. The van der Waals surface area contributed by atoms with Crippen LogP contribution in [0.25, 0.3) is 0 Å². The predicted molar refractivity (Wildman–Crippen MR) is 74.7 cm³/mol. The molecule has 5 heteroatoms. The van der Waals surface area contributed by atoms with Crippen molar-refractivity contribution >= 4 is 23.3 Å². The summed E-state index contributed by atoms with van der Waals surface area (Å²) in [7, 11) is 1.74. The van der Waals surface area contributed by atoms with Crippen molar-refractivity contribution in [1.82, 2.24) is 9.78 Å². The number of ketones is 2. The van der Waals surface area contributed by atoms with Gasteiger partial charge in [-0.25, -0.2) is 0 Å². The number of thioether (sulfide) groups is 1. The third-order valence-electron chi connectivity index (χ3n) is 2.73. The Kier molecular flexibility index (Phi) is 4.16. The van der Waals surface area contributed by atoms with E-state index in [1.54, 1.807) is 47.9 Å². The first-order valence-corrected chi connectivity index (χ1v) is 7.02. The third-order valence-corrected chi connectivity index (χ3v) is 3.48. The van der Waals surface area contributed by atoms with E-state index in [9.17, 15) is 9.59 Å². The summed E-state index contributed by atoms with van der Waals surface area (Å²) in [4.78, 5) is 24.9. The van der Waals surface area contributed by atoms with Gasteiger partial charge in [0.1, 0.15) is 5.69 Å². The quantitative estimate of drug-likeness (QED) is 0.478. The SMILES string of the molecule is CSc1ccc(C(=O)CC(=O)c2ccn(C)n2)cc1. The lowest BCUT2D eigenvalue weighted by molar-refractivity contribution is 0.0891. The molecule has 2 rings (SSSR count). The van der Waals surface area contributed by atoms with Crippen LogP contribution in [-0.4, -0.2) is 27.6 Å². The lowest BCUT2D eigenvalue weighted by atomic mass is 10.0. The second-order valence-electron chi connectivity index (χ2n) is 4.13. The van der Waals surface area contributed by atoms with Crippen LogP contribution in [0.2, 0.25) is 0 Å². The van der Waals surface area contributed by atoms with Gasteiger partial charge in [0, 0.05) is 23.7 Å². The molecule has 0 unspecified atom stereocenters. The smallest absolute Gasteiger partial charge is 0.190 e. The first kappa shape index (κ1) is 13.5. The molecule has 0 aliphatic rings. The molecule has 2 aromatic rings. The minimum atomic E-state index is -0.250. The van der Waals surface area contributed by atoms with Gasteiger partial charge in [-0.3, -0.25) is 14.3 Å². The Morgan fingerprint density at radius 1 is 1.16 bits per heavy atom. The summed E-state index contributed by atoms with van der Waals surface area (Å²) in [5, 5.41) is 4.00. The molecule has 19 heavy (non-hydrogen) atoms. The summed E-state index contributed by atoms with van der Waals surface area (Å²) in [5.41, 5.74) is 0.888. The fourth-order valence-corrected chi connectivity index (χ4v) is 2.09. The largest absolute Gasteiger partial charge is 0.294 e. The molecule has 0 aliphatic heterocycles. The molecule has 0 amide bonds. The van der Waals surface area contributed by atoms with E-state index < -0.39 is 0 Å². The lowest BCUT2D eigenvalue weighted by Gasteiger charge is -2.01. The van der Waals surface area contributed by atoms with Crippen LogP contribution in [0, 0.1) is 0 Å². The number of hydrogen-bond acceptors (Lipinski definition) is 4. The van der Waals surface area contributed by atoms with Crippen LogP contribution in [0.15, 0.2) is 41.4 Å². The van der Waals surface area contributed by atoms with Gasteiger partial charge in [0.2, 0.25) is 0 Å². The van der Waals surface area contributed by atoms with Gasteiger partial charge in [0.25, 0.3) is 0 Å². The molecule has 98 valence electrons. The highest BCUT2D eigenvalue weighted by molar-refractivity contribution is 7.98.